The van der Waals surface area contributed by atoms with Crippen LogP contribution in [0.25, 0.3) is 0 Å². The fraction of sp³-hybridized carbons (Fsp3) is 0.791. The minimum atomic E-state index is -1.48. The summed E-state index contributed by atoms with van der Waals surface area (Å²) in [5.41, 5.74) is 0. The maximum Gasteiger partial charge on any atom is 0.509 e. The molecule has 0 aliphatic carbocycles. The standard InChI is InChI=1S/C43H75NO11/c1-5-7-9-11-13-19-25-32-50-39(45)29-23-17-15-21-27-34-52-41(47)37-38(55-43(49)54-36-31-44(3)4)42(48)53-35-28-22-16-18-24-30-40(46)51-33-26-20-14-12-10-8-6-2/h19-20,25-26,38H,5-18,21-24,27-37H2,1-4H3/b25-19-,26-20-. The van der Waals surface area contributed by atoms with Gasteiger partial charge < -0.3 is 33.3 Å². The first-order valence-electron chi connectivity index (χ1n) is 21.1. The summed E-state index contributed by atoms with van der Waals surface area (Å²) >= 11 is 0. The van der Waals surface area contributed by atoms with E-state index < -0.39 is 30.6 Å². The predicted molar refractivity (Wildman–Crippen MR) is 214 cm³/mol. The highest BCUT2D eigenvalue weighted by Gasteiger charge is 2.29. The van der Waals surface area contributed by atoms with E-state index in [0.717, 1.165) is 70.6 Å². The fourth-order valence-electron chi connectivity index (χ4n) is 5.28. The average Bonchev–Trinajstić information content (AvgIpc) is 3.15. The van der Waals surface area contributed by atoms with E-state index in [1.165, 1.54) is 44.9 Å². The molecule has 0 aromatic heterocycles. The van der Waals surface area contributed by atoms with Gasteiger partial charge in [-0.25, -0.2) is 9.59 Å². The van der Waals surface area contributed by atoms with E-state index in [1.807, 2.05) is 31.1 Å². The summed E-state index contributed by atoms with van der Waals surface area (Å²) in [7, 11) is 3.64. The quantitative estimate of drug-likeness (QED) is 0.0256. The highest BCUT2D eigenvalue weighted by atomic mass is 16.7. The first-order chi connectivity index (χ1) is 26.7. The van der Waals surface area contributed by atoms with E-state index in [-0.39, 0.29) is 31.8 Å². The van der Waals surface area contributed by atoms with Gasteiger partial charge in [0.15, 0.2) is 0 Å². The molecule has 55 heavy (non-hydrogen) atoms. The van der Waals surface area contributed by atoms with Crippen molar-refractivity contribution in [2.75, 3.05) is 53.7 Å². The smallest absolute Gasteiger partial charge is 0.466 e. The Morgan fingerprint density at radius 3 is 1.47 bits per heavy atom. The lowest BCUT2D eigenvalue weighted by atomic mass is 10.1. The fourth-order valence-corrected chi connectivity index (χ4v) is 5.28. The van der Waals surface area contributed by atoms with Crippen LogP contribution in [0.2, 0.25) is 0 Å². The summed E-state index contributed by atoms with van der Waals surface area (Å²) in [4.78, 5) is 63.2. The molecule has 0 rings (SSSR count). The van der Waals surface area contributed by atoms with Crippen molar-refractivity contribution in [3.8, 4) is 0 Å². The van der Waals surface area contributed by atoms with Crippen LogP contribution in [0.1, 0.15) is 162 Å². The van der Waals surface area contributed by atoms with E-state index in [0.29, 0.717) is 45.4 Å². The van der Waals surface area contributed by atoms with Gasteiger partial charge in [-0.1, -0.05) is 115 Å². The molecular weight excluding hydrogens is 706 g/mol. The van der Waals surface area contributed by atoms with Crippen LogP contribution in [0, 0.1) is 0 Å². The number of nitrogens with zero attached hydrogens (tertiary/aromatic N) is 1. The molecule has 0 radical (unpaired) electrons. The van der Waals surface area contributed by atoms with Crippen LogP contribution in [0.15, 0.2) is 24.3 Å². The molecule has 0 aromatic carbocycles. The maximum absolute atomic E-state index is 12.8. The molecular formula is C43H75NO11. The van der Waals surface area contributed by atoms with Gasteiger partial charge in [0.2, 0.25) is 6.10 Å². The molecule has 0 bridgehead atoms. The minimum Gasteiger partial charge on any atom is -0.466 e. The van der Waals surface area contributed by atoms with Crippen LogP contribution in [0.5, 0.6) is 0 Å². The molecule has 0 aromatic rings. The Balaban J connectivity index is 4.27. The van der Waals surface area contributed by atoms with Gasteiger partial charge in [0, 0.05) is 19.4 Å². The molecule has 0 spiro atoms. The molecule has 0 saturated carbocycles. The third kappa shape index (κ3) is 37.3. The lowest BCUT2D eigenvalue weighted by molar-refractivity contribution is -0.161. The van der Waals surface area contributed by atoms with Gasteiger partial charge in [-0.05, 0) is 65.5 Å². The molecule has 318 valence electrons. The number of likely N-dealkylation sites (N-methyl/N-ethyl adjacent to an activating group) is 1. The van der Waals surface area contributed by atoms with Crippen LogP contribution in [-0.4, -0.2) is 94.7 Å². The topological polar surface area (TPSA) is 144 Å². The third-order valence-corrected chi connectivity index (χ3v) is 8.63. The van der Waals surface area contributed by atoms with E-state index in [1.54, 1.807) is 0 Å². The molecule has 0 heterocycles. The van der Waals surface area contributed by atoms with E-state index in [9.17, 15) is 24.0 Å². The van der Waals surface area contributed by atoms with Crippen LogP contribution >= 0.6 is 0 Å². The zero-order valence-electron chi connectivity index (χ0n) is 34.8. The highest BCUT2D eigenvalue weighted by molar-refractivity contribution is 5.83. The number of rotatable bonds is 37. The van der Waals surface area contributed by atoms with Crippen LogP contribution in [0.3, 0.4) is 0 Å². The first kappa shape index (κ1) is 51.6. The van der Waals surface area contributed by atoms with E-state index >= 15 is 0 Å². The Hall–Kier alpha value is -3.41. The zero-order valence-corrected chi connectivity index (χ0v) is 34.8. The van der Waals surface area contributed by atoms with Crippen molar-refractivity contribution in [2.45, 2.75) is 168 Å². The van der Waals surface area contributed by atoms with Crippen LogP contribution in [0.4, 0.5) is 4.79 Å². The third-order valence-electron chi connectivity index (χ3n) is 8.63. The molecule has 12 heteroatoms. The minimum absolute atomic E-state index is 0.0593. The molecule has 0 aliphatic heterocycles. The van der Waals surface area contributed by atoms with Gasteiger partial charge in [0.05, 0.1) is 19.6 Å². The van der Waals surface area contributed by atoms with Gasteiger partial charge in [-0.2, -0.15) is 0 Å². The van der Waals surface area contributed by atoms with E-state index in [2.05, 4.69) is 26.0 Å². The van der Waals surface area contributed by atoms with Crippen molar-refractivity contribution in [1.82, 2.24) is 4.90 Å². The van der Waals surface area contributed by atoms with Crippen molar-refractivity contribution in [2.24, 2.45) is 0 Å². The summed E-state index contributed by atoms with van der Waals surface area (Å²) in [6.45, 7) is 5.79. The molecule has 0 saturated heterocycles. The normalized spacial score (nSPS) is 11.9. The second kappa shape index (κ2) is 38.8. The predicted octanol–water partition coefficient (Wildman–Crippen LogP) is 9.37. The van der Waals surface area contributed by atoms with Crippen molar-refractivity contribution in [3.63, 3.8) is 0 Å². The van der Waals surface area contributed by atoms with Crippen molar-refractivity contribution >= 4 is 30.0 Å². The van der Waals surface area contributed by atoms with Gasteiger partial charge >= 0.3 is 30.0 Å². The van der Waals surface area contributed by atoms with Crippen molar-refractivity contribution < 1.29 is 52.4 Å². The Kier molecular flexibility index (Phi) is 36.4. The Labute approximate surface area is 332 Å². The largest absolute Gasteiger partial charge is 0.509 e. The number of unbranched alkanes of at least 4 members (excludes halogenated alkanes) is 16. The molecule has 1 unspecified atom stereocenters. The lowest BCUT2D eigenvalue weighted by Crippen LogP contribution is -2.33. The monoisotopic (exact) mass is 782 g/mol. The molecule has 0 aliphatic rings. The average molecular weight is 782 g/mol. The second-order valence-electron chi connectivity index (χ2n) is 14.1. The van der Waals surface area contributed by atoms with Gasteiger partial charge in [-0.3, -0.25) is 14.4 Å². The van der Waals surface area contributed by atoms with Crippen LogP contribution in [-0.2, 0) is 47.6 Å². The van der Waals surface area contributed by atoms with Crippen molar-refractivity contribution in [1.29, 1.82) is 0 Å². The Bertz CT molecular complexity index is 1040. The Morgan fingerprint density at radius 1 is 0.491 bits per heavy atom. The number of allylic oxidation sites excluding steroid dienone is 2. The number of esters is 4. The SMILES string of the molecule is CCCCCC/C=C\COC(=O)CCCCCCCOC(=O)CC(OC(=O)OCCN(C)C)C(=O)OCCCCCCCC(=O)OC/C=C\CCCCCC. The van der Waals surface area contributed by atoms with Crippen molar-refractivity contribution in [3.05, 3.63) is 24.3 Å². The van der Waals surface area contributed by atoms with Gasteiger partial charge in [0.25, 0.3) is 0 Å². The number of ether oxygens (including phenoxy) is 6. The molecule has 0 fully saturated rings. The van der Waals surface area contributed by atoms with Gasteiger partial charge in [-0.15, -0.1) is 0 Å². The van der Waals surface area contributed by atoms with Crippen LogP contribution < -0.4 is 0 Å². The van der Waals surface area contributed by atoms with E-state index in [4.69, 9.17) is 28.4 Å². The summed E-state index contributed by atoms with van der Waals surface area (Å²) in [6.07, 6.45) is 25.1. The second-order valence-corrected chi connectivity index (χ2v) is 14.1. The number of hydrogen-bond donors (Lipinski definition) is 0. The molecule has 0 amide bonds. The highest BCUT2D eigenvalue weighted by Crippen LogP contribution is 2.11. The number of hydrogen-bond acceptors (Lipinski definition) is 12. The summed E-state index contributed by atoms with van der Waals surface area (Å²) in [5, 5.41) is 0. The Morgan fingerprint density at radius 2 is 0.964 bits per heavy atom. The zero-order chi connectivity index (χ0) is 40.6. The molecule has 0 N–H and O–H groups in total. The lowest BCUT2D eigenvalue weighted by Gasteiger charge is -2.17. The molecule has 12 nitrogen and oxygen atoms in total. The molecule has 1 atom stereocenters. The number of carbonyl (C=O) groups excluding carboxylic acids is 5. The summed E-state index contributed by atoms with van der Waals surface area (Å²) < 4.78 is 31.3. The maximum atomic E-state index is 12.8. The van der Waals surface area contributed by atoms with Gasteiger partial charge in [0.1, 0.15) is 19.8 Å². The summed E-state index contributed by atoms with van der Waals surface area (Å²) in [6, 6.07) is 0. The first-order valence-corrected chi connectivity index (χ1v) is 21.1. The number of carbonyl (C=O) groups is 5. The summed E-state index contributed by atoms with van der Waals surface area (Å²) in [5.74, 6) is -1.92.